The van der Waals surface area contributed by atoms with E-state index < -0.39 is 11.8 Å². The highest BCUT2D eigenvalue weighted by Crippen LogP contribution is 2.30. The van der Waals surface area contributed by atoms with Gasteiger partial charge in [0.15, 0.2) is 11.5 Å². The van der Waals surface area contributed by atoms with E-state index in [4.69, 9.17) is 14.2 Å². The normalized spacial score (nSPS) is 12.7. The van der Waals surface area contributed by atoms with Crippen LogP contribution in [0.2, 0.25) is 0 Å². The summed E-state index contributed by atoms with van der Waals surface area (Å²) in [6.45, 7) is 1.11. The number of hydrogen-bond acceptors (Lipinski definition) is 5. The molecule has 0 bridgehead atoms. The number of benzene rings is 2. The van der Waals surface area contributed by atoms with E-state index in [0.717, 1.165) is 6.42 Å². The quantitative estimate of drug-likeness (QED) is 0.833. The molecule has 0 radical (unpaired) electrons. The zero-order valence-corrected chi connectivity index (χ0v) is 13.7. The van der Waals surface area contributed by atoms with Crippen molar-refractivity contribution in [2.75, 3.05) is 20.3 Å². The highest BCUT2D eigenvalue weighted by atomic mass is 16.5. The third-order valence-corrected chi connectivity index (χ3v) is 3.65. The second-order valence-corrected chi connectivity index (χ2v) is 5.35. The molecule has 0 saturated carbocycles. The fourth-order valence-electron chi connectivity index (χ4n) is 2.30. The van der Waals surface area contributed by atoms with Gasteiger partial charge in [-0.2, -0.15) is 0 Å². The molecule has 2 N–H and O–H groups in total. The van der Waals surface area contributed by atoms with Crippen LogP contribution in [0.3, 0.4) is 0 Å². The Morgan fingerprint density at radius 1 is 0.880 bits per heavy atom. The number of ether oxygens (including phenoxy) is 3. The maximum Gasteiger partial charge on any atom is 0.269 e. The molecule has 7 heteroatoms. The summed E-state index contributed by atoms with van der Waals surface area (Å²) < 4.78 is 16.1. The molecule has 0 unspecified atom stereocenters. The molecule has 0 aliphatic carbocycles. The molecule has 2 aromatic carbocycles. The second-order valence-electron chi connectivity index (χ2n) is 5.35. The number of carbonyl (C=O) groups excluding carboxylic acids is 2. The van der Waals surface area contributed by atoms with E-state index in [1.807, 2.05) is 0 Å². The Morgan fingerprint density at radius 2 is 1.48 bits per heavy atom. The highest BCUT2D eigenvalue weighted by Gasteiger charge is 2.15. The number of carbonyl (C=O) groups is 2. The maximum absolute atomic E-state index is 12.2. The molecule has 2 amide bonds. The largest absolute Gasteiger partial charge is 0.497 e. The molecule has 2 aromatic rings. The van der Waals surface area contributed by atoms with Crippen molar-refractivity contribution < 1.29 is 23.8 Å². The monoisotopic (exact) mass is 342 g/mol. The third-order valence-electron chi connectivity index (χ3n) is 3.65. The van der Waals surface area contributed by atoms with Gasteiger partial charge < -0.3 is 14.2 Å². The molecule has 0 spiro atoms. The lowest BCUT2D eigenvalue weighted by molar-refractivity contribution is 0.0846. The summed E-state index contributed by atoms with van der Waals surface area (Å²) in [4.78, 5) is 24.3. The summed E-state index contributed by atoms with van der Waals surface area (Å²) in [7, 11) is 1.55. The summed E-state index contributed by atoms with van der Waals surface area (Å²) in [5.74, 6) is 0.901. The van der Waals surface area contributed by atoms with Crippen molar-refractivity contribution in [3.05, 3.63) is 53.6 Å². The molecule has 7 nitrogen and oxygen atoms in total. The van der Waals surface area contributed by atoms with E-state index in [2.05, 4.69) is 10.9 Å². The lowest BCUT2D eigenvalue weighted by atomic mass is 10.2. The van der Waals surface area contributed by atoms with Gasteiger partial charge in [0.05, 0.1) is 20.3 Å². The van der Waals surface area contributed by atoms with Gasteiger partial charge in [-0.25, -0.2) is 0 Å². The summed E-state index contributed by atoms with van der Waals surface area (Å²) in [5, 5.41) is 0. The van der Waals surface area contributed by atoms with Crippen LogP contribution >= 0.6 is 0 Å². The van der Waals surface area contributed by atoms with E-state index in [9.17, 15) is 9.59 Å². The minimum Gasteiger partial charge on any atom is -0.497 e. The SMILES string of the molecule is COc1ccc(C(=O)NNC(=O)c2ccc3c(c2)OCCCO3)cc1. The van der Waals surface area contributed by atoms with Crippen molar-refractivity contribution in [3.8, 4) is 17.2 Å². The van der Waals surface area contributed by atoms with E-state index in [0.29, 0.717) is 41.6 Å². The fourth-order valence-corrected chi connectivity index (χ4v) is 2.30. The lowest BCUT2D eigenvalue weighted by Crippen LogP contribution is -2.41. The predicted octanol–water partition coefficient (Wildman–Crippen LogP) is 1.93. The number of methoxy groups -OCH3 is 1. The van der Waals surface area contributed by atoms with Gasteiger partial charge in [0.25, 0.3) is 11.8 Å². The van der Waals surface area contributed by atoms with Crippen molar-refractivity contribution in [2.24, 2.45) is 0 Å². The molecule has 0 fully saturated rings. The minimum atomic E-state index is -0.447. The van der Waals surface area contributed by atoms with Crippen molar-refractivity contribution in [2.45, 2.75) is 6.42 Å². The molecule has 3 rings (SSSR count). The summed E-state index contributed by atoms with van der Waals surface area (Å²) in [6, 6.07) is 11.4. The zero-order valence-electron chi connectivity index (χ0n) is 13.7. The van der Waals surface area contributed by atoms with Crippen LogP contribution in [0.4, 0.5) is 0 Å². The molecule has 0 aromatic heterocycles. The Balaban J connectivity index is 1.62. The lowest BCUT2D eigenvalue weighted by Gasteiger charge is -2.10. The van der Waals surface area contributed by atoms with Crippen LogP contribution in [0.5, 0.6) is 17.2 Å². The Labute approximate surface area is 144 Å². The summed E-state index contributed by atoms with van der Waals surface area (Å²) >= 11 is 0. The van der Waals surface area contributed by atoms with Gasteiger partial charge in [0.2, 0.25) is 0 Å². The standard InChI is InChI=1S/C18H18N2O5/c1-23-14-6-3-12(4-7-14)17(21)19-20-18(22)13-5-8-15-16(11-13)25-10-2-9-24-15/h3-8,11H,2,9-10H2,1H3,(H,19,21)(H,20,22). The number of fused-ring (bicyclic) bond motifs is 1. The van der Waals surface area contributed by atoms with Crippen molar-refractivity contribution >= 4 is 11.8 Å². The number of hydrazine groups is 1. The third kappa shape index (κ3) is 4.00. The van der Waals surface area contributed by atoms with Crippen LogP contribution in [-0.2, 0) is 0 Å². The van der Waals surface area contributed by atoms with Gasteiger partial charge in [0.1, 0.15) is 5.75 Å². The Kier molecular flexibility index (Phi) is 5.03. The van der Waals surface area contributed by atoms with Crippen LogP contribution in [-0.4, -0.2) is 32.1 Å². The maximum atomic E-state index is 12.2. The Morgan fingerprint density at radius 3 is 2.16 bits per heavy atom. The Hall–Kier alpha value is -3.22. The molecule has 1 aliphatic heterocycles. The molecule has 1 aliphatic rings. The molecule has 25 heavy (non-hydrogen) atoms. The van der Waals surface area contributed by atoms with Crippen LogP contribution in [0.25, 0.3) is 0 Å². The van der Waals surface area contributed by atoms with Gasteiger partial charge in [-0.05, 0) is 42.5 Å². The smallest absolute Gasteiger partial charge is 0.269 e. The van der Waals surface area contributed by atoms with E-state index in [1.54, 1.807) is 49.6 Å². The van der Waals surface area contributed by atoms with E-state index in [1.165, 1.54) is 0 Å². The van der Waals surface area contributed by atoms with E-state index >= 15 is 0 Å². The van der Waals surface area contributed by atoms with Crippen molar-refractivity contribution in [3.63, 3.8) is 0 Å². The zero-order chi connectivity index (χ0) is 17.6. The van der Waals surface area contributed by atoms with Gasteiger partial charge in [-0.1, -0.05) is 0 Å². The average Bonchev–Trinajstić information content (AvgIpc) is 2.90. The molecule has 0 atom stereocenters. The van der Waals surface area contributed by atoms with Crippen LogP contribution in [0.15, 0.2) is 42.5 Å². The first-order chi connectivity index (χ1) is 12.2. The molecular formula is C18H18N2O5. The number of nitrogens with one attached hydrogen (secondary N) is 2. The van der Waals surface area contributed by atoms with Crippen LogP contribution in [0, 0.1) is 0 Å². The van der Waals surface area contributed by atoms with Gasteiger partial charge in [0, 0.05) is 17.5 Å². The summed E-state index contributed by atoms with van der Waals surface area (Å²) in [5.41, 5.74) is 5.52. The van der Waals surface area contributed by atoms with E-state index in [-0.39, 0.29) is 0 Å². The van der Waals surface area contributed by atoms with Gasteiger partial charge >= 0.3 is 0 Å². The number of amides is 2. The minimum absolute atomic E-state index is 0.360. The summed E-state index contributed by atoms with van der Waals surface area (Å²) in [6.07, 6.45) is 0.786. The first kappa shape index (κ1) is 16.6. The topological polar surface area (TPSA) is 85.9 Å². The first-order valence-electron chi connectivity index (χ1n) is 7.82. The average molecular weight is 342 g/mol. The molecule has 130 valence electrons. The second kappa shape index (κ2) is 7.57. The van der Waals surface area contributed by atoms with Crippen LogP contribution in [0.1, 0.15) is 27.1 Å². The number of hydrogen-bond donors (Lipinski definition) is 2. The molecule has 1 heterocycles. The predicted molar refractivity (Wildman–Crippen MR) is 90.0 cm³/mol. The van der Waals surface area contributed by atoms with Crippen molar-refractivity contribution in [1.29, 1.82) is 0 Å². The fraction of sp³-hybridized carbons (Fsp3) is 0.222. The number of rotatable bonds is 3. The van der Waals surface area contributed by atoms with Gasteiger partial charge in [-0.15, -0.1) is 0 Å². The van der Waals surface area contributed by atoms with Gasteiger partial charge in [-0.3, -0.25) is 20.4 Å². The highest BCUT2D eigenvalue weighted by molar-refractivity contribution is 5.99. The van der Waals surface area contributed by atoms with Crippen molar-refractivity contribution in [1.82, 2.24) is 10.9 Å². The molecule has 0 saturated heterocycles. The first-order valence-corrected chi connectivity index (χ1v) is 7.82. The Bertz CT molecular complexity index is 774. The molecular weight excluding hydrogens is 324 g/mol. The van der Waals surface area contributed by atoms with Crippen LogP contribution < -0.4 is 25.1 Å².